The first-order chi connectivity index (χ1) is 11.5. The highest BCUT2D eigenvalue weighted by Crippen LogP contribution is 1.94. The number of amides is 3. The number of nitrogens with one attached hydrogen (secondary N) is 3. The van der Waals surface area contributed by atoms with Gasteiger partial charge in [-0.2, -0.15) is 0 Å². The molecule has 0 saturated heterocycles. The van der Waals surface area contributed by atoms with E-state index in [2.05, 4.69) is 10.6 Å². The van der Waals surface area contributed by atoms with Gasteiger partial charge in [-0.15, -0.1) is 0 Å². The Morgan fingerprint density at radius 1 is 1.00 bits per heavy atom. The van der Waals surface area contributed by atoms with Crippen molar-refractivity contribution in [1.82, 2.24) is 16.0 Å². The topological polar surface area (TPSA) is 208 Å². The minimum atomic E-state index is -1.52. The molecule has 0 aliphatic carbocycles. The van der Waals surface area contributed by atoms with Gasteiger partial charge in [-0.3, -0.25) is 19.2 Å². The number of rotatable bonds is 11. The van der Waals surface area contributed by atoms with Gasteiger partial charge in [-0.1, -0.05) is 0 Å². The molecule has 12 nitrogen and oxygen atoms in total. The van der Waals surface area contributed by atoms with Crippen molar-refractivity contribution in [3.8, 4) is 0 Å². The van der Waals surface area contributed by atoms with Crippen molar-refractivity contribution in [2.24, 2.45) is 5.73 Å². The molecular weight excluding hydrogens is 340 g/mol. The fourth-order valence-electron chi connectivity index (χ4n) is 1.56. The fourth-order valence-corrected chi connectivity index (χ4v) is 1.56. The molecule has 3 atom stereocenters. The summed E-state index contributed by atoms with van der Waals surface area (Å²) in [5.41, 5.74) is 5.43. The van der Waals surface area contributed by atoms with Crippen molar-refractivity contribution < 1.29 is 39.3 Å². The van der Waals surface area contributed by atoms with E-state index in [1.165, 1.54) is 6.92 Å². The Labute approximate surface area is 142 Å². The van der Waals surface area contributed by atoms with E-state index in [1.807, 2.05) is 5.32 Å². The summed E-state index contributed by atoms with van der Waals surface area (Å²) in [6.45, 7) is 0.128. The molecule has 0 radical (unpaired) electrons. The van der Waals surface area contributed by atoms with E-state index in [1.54, 1.807) is 0 Å². The van der Waals surface area contributed by atoms with Crippen molar-refractivity contribution in [3.05, 3.63) is 0 Å². The molecule has 0 spiro atoms. The summed E-state index contributed by atoms with van der Waals surface area (Å²) in [4.78, 5) is 55.7. The highest BCUT2D eigenvalue weighted by Gasteiger charge is 2.25. The second kappa shape index (κ2) is 10.9. The molecule has 0 aromatic heterocycles. The van der Waals surface area contributed by atoms with Crippen LogP contribution >= 0.6 is 0 Å². The summed E-state index contributed by atoms with van der Waals surface area (Å²) in [7, 11) is 0. The summed E-state index contributed by atoms with van der Waals surface area (Å²) in [6.07, 6.45) is -1.72. The zero-order valence-corrected chi connectivity index (χ0v) is 13.5. The van der Waals surface area contributed by atoms with Crippen LogP contribution in [0.4, 0.5) is 0 Å². The van der Waals surface area contributed by atoms with Crippen molar-refractivity contribution in [3.63, 3.8) is 0 Å². The average molecular weight is 362 g/mol. The van der Waals surface area contributed by atoms with Gasteiger partial charge in [-0.25, -0.2) is 4.79 Å². The van der Waals surface area contributed by atoms with Crippen molar-refractivity contribution in [1.29, 1.82) is 0 Å². The third-order valence-electron chi connectivity index (χ3n) is 2.94. The smallest absolute Gasteiger partial charge is 0.328 e. The van der Waals surface area contributed by atoms with Crippen LogP contribution in [0.3, 0.4) is 0 Å². The first kappa shape index (κ1) is 22.3. The Hall–Kier alpha value is -2.73. The molecule has 0 aliphatic heterocycles. The Morgan fingerprint density at radius 3 is 2.04 bits per heavy atom. The maximum Gasteiger partial charge on any atom is 0.328 e. The number of carbonyl (C=O) groups excluding carboxylic acids is 3. The largest absolute Gasteiger partial charge is 0.481 e. The second-order valence-electron chi connectivity index (χ2n) is 5.16. The number of carboxylic acid groups (broad SMARTS) is 2. The van der Waals surface area contributed by atoms with E-state index in [9.17, 15) is 29.1 Å². The van der Waals surface area contributed by atoms with Gasteiger partial charge in [0, 0.05) is 6.42 Å². The molecule has 0 aromatic rings. The Morgan fingerprint density at radius 2 is 1.56 bits per heavy atom. The number of aliphatic hydroxyl groups excluding tert-OH is 1. The van der Waals surface area contributed by atoms with Crippen LogP contribution in [-0.2, 0) is 24.0 Å². The van der Waals surface area contributed by atoms with Crippen LogP contribution in [0.2, 0.25) is 0 Å². The van der Waals surface area contributed by atoms with Crippen LogP contribution in [0.1, 0.15) is 19.8 Å². The summed E-state index contributed by atoms with van der Waals surface area (Å²) in [5.74, 6) is -4.84. The molecule has 0 heterocycles. The van der Waals surface area contributed by atoms with E-state index in [4.69, 9.17) is 15.9 Å². The van der Waals surface area contributed by atoms with Gasteiger partial charge in [0.05, 0.1) is 25.2 Å². The molecule has 0 aliphatic rings. The summed E-state index contributed by atoms with van der Waals surface area (Å²) in [5, 5.41) is 32.8. The lowest BCUT2D eigenvalue weighted by molar-refractivity contribution is -0.144. The predicted octanol–water partition coefficient (Wildman–Crippen LogP) is -3.64. The standard InChI is InChI=1S/C13H22N4O8/c1-6(18)11(13(24)25)17-9(20)5-15-8(19)4-16-12(23)7(14)2-3-10(21)22/h6-7,11,18H,2-5,14H2,1H3,(H,15,19)(H,16,23)(H,17,20)(H,21,22)(H,24,25)/t6-,7+,11+/m1/s1. The second-order valence-corrected chi connectivity index (χ2v) is 5.16. The Bertz CT molecular complexity index is 522. The molecule has 0 aromatic carbocycles. The minimum absolute atomic E-state index is 0.0961. The quantitative estimate of drug-likeness (QED) is 0.193. The number of carboxylic acids is 2. The lowest BCUT2D eigenvalue weighted by Gasteiger charge is -2.17. The van der Waals surface area contributed by atoms with Crippen molar-refractivity contribution in [2.45, 2.75) is 38.0 Å². The number of nitrogens with two attached hydrogens (primary N) is 1. The van der Waals surface area contributed by atoms with E-state index in [0.29, 0.717) is 0 Å². The van der Waals surface area contributed by atoms with Crippen LogP contribution in [0.25, 0.3) is 0 Å². The zero-order chi connectivity index (χ0) is 19.6. The highest BCUT2D eigenvalue weighted by atomic mass is 16.4. The van der Waals surface area contributed by atoms with Gasteiger partial charge in [-0.05, 0) is 13.3 Å². The van der Waals surface area contributed by atoms with E-state index >= 15 is 0 Å². The molecular formula is C13H22N4O8. The normalized spacial score (nSPS) is 13.9. The van der Waals surface area contributed by atoms with Crippen molar-refractivity contribution in [2.75, 3.05) is 13.1 Å². The van der Waals surface area contributed by atoms with Crippen molar-refractivity contribution >= 4 is 29.7 Å². The zero-order valence-electron chi connectivity index (χ0n) is 13.5. The predicted molar refractivity (Wildman–Crippen MR) is 82.1 cm³/mol. The number of carbonyl (C=O) groups is 5. The van der Waals surface area contributed by atoms with Gasteiger partial charge in [0.25, 0.3) is 0 Å². The summed E-state index contributed by atoms with van der Waals surface area (Å²) >= 11 is 0. The van der Waals surface area contributed by atoms with Gasteiger partial charge in [0.1, 0.15) is 0 Å². The van der Waals surface area contributed by atoms with Crippen LogP contribution in [0.5, 0.6) is 0 Å². The first-order valence-electron chi connectivity index (χ1n) is 7.26. The van der Waals surface area contributed by atoms with Crippen LogP contribution < -0.4 is 21.7 Å². The Balaban J connectivity index is 4.14. The van der Waals surface area contributed by atoms with Gasteiger partial charge >= 0.3 is 11.9 Å². The lowest BCUT2D eigenvalue weighted by atomic mass is 10.1. The molecule has 0 saturated carbocycles. The number of aliphatic hydroxyl groups is 1. The molecule has 25 heavy (non-hydrogen) atoms. The van der Waals surface area contributed by atoms with E-state index in [0.717, 1.165) is 0 Å². The van der Waals surface area contributed by atoms with E-state index < -0.39 is 60.9 Å². The van der Waals surface area contributed by atoms with Crippen LogP contribution in [-0.4, -0.2) is 76.3 Å². The van der Waals surface area contributed by atoms with Gasteiger partial charge in [0.2, 0.25) is 17.7 Å². The number of hydrogen-bond acceptors (Lipinski definition) is 7. The molecule has 3 amide bonds. The maximum absolute atomic E-state index is 11.5. The SMILES string of the molecule is C[C@@H](O)[C@H](NC(=O)CNC(=O)CNC(=O)[C@@H](N)CCC(=O)O)C(=O)O. The molecule has 0 unspecified atom stereocenters. The van der Waals surface area contributed by atoms with E-state index in [-0.39, 0.29) is 12.8 Å². The molecule has 142 valence electrons. The maximum atomic E-state index is 11.5. The molecule has 12 heteroatoms. The third kappa shape index (κ3) is 9.88. The minimum Gasteiger partial charge on any atom is -0.481 e. The van der Waals surface area contributed by atoms with Gasteiger partial charge in [0.15, 0.2) is 6.04 Å². The number of hydrogen-bond donors (Lipinski definition) is 7. The summed E-state index contributed by atoms with van der Waals surface area (Å²) in [6, 6.07) is -2.61. The van der Waals surface area contributed by atoms with Gasteiger partial charge < -0.3 is 37.0 Å². The highest BCUT2D eigenvalue weighted by molar-refractivity contribution is 5.90. The van der Waals surface area contributed by atoms with Crippen LogP contribution in [0, 0.1) is 0 Å². The molecule has 8 N–H and O–H groups in total. The average Bonchev–Trinajstić information content (AvgIpc) is 2.52. The lowest BCUT2D eigenvalue weighted by Crippen LogP contribution is -2.51. The fraction of sp³-hybridized carbons (Fsp3) is 0.615. The molecule has 0 bridgehead atoms. The summed E-state index contributed by atoms with van der Waals surface area (Å²) < 4.78 is 0. The first-order valence-corrected chi connectivity index (χ1v) is 7.26. The molecule has 0 rings (SSSR count). The third-order valence-corrected chi connectivity index (χ3v) is 2.94. The Kier molecular flexibility index (Phi) is 9.74. The monoisotopic (exact) mass is 362 g/mol. The number of aliphatic carboxylic acids is 2. The molecule has 0 fully saturated rings. The van der Waals surface area contributed by atoms with Crippen LogP contribution in [0.15, 0.2) is 0 Å².